The second kappa shape index (κ2) is 7.70. The summed E-state index contributed by atoms with van der Waals surface area (Å²) in [4.78, 5) is 16.2. The van der Waals surface area contributed by atoms with Gasteiger partial charge in [0, 0.05) is 19.6 Å². The maximum Gasteiger partial charge on any atom is 0.236 e. The molecule has 1 aromatic rings. The number of aliphatic hydroxyl groups excluding tert-OH is 1. The third-order valence-electron chi connectivity index (χ3n) is 4.21. The molecule has 2 atom stereocenters. The number of halogens is 1. The Morgan fingerprint density at radius 2 is 2.14 bits per heavy atom. The van der Waals surface area contributed by atoms with E-state index in [0.29, 0.717) is 19.1 Å². The van der Waals surface area contributed by atoms with E-state index in [1.165, 1.54) is 12.1 Å². The van der Waals surface area contributed by atoms with E-state index >= 15 is 0 Å². The Balaban J connectivity index is 1.86. The summed E-state index contributed by atoms with van der Waals surface area (Å²) < 4.78 is 12.9. The molecule has 1 amide bonds. The molecule has 1 aliphatic heterocycles. The van der Waals surface area contributed by atoms with Crippen molar-refractivity contribution in [2.75, 3.05) is 20.1 Å². The standard InChI is InChI=1S/C17H25FN2O2/c1-13(21)10-16-4-3-9-20(16)12-17(22)19(2)11-14-5-7-15(18)8-6-14/h5-8,13,16,21H,3-4,9-12H2,1-2H3. The second-order valence-electron chi connectivity index (χ2n) is 6.23. The Morgan fingerprint density at radius 1 is 1.45 bits per heavy atom. The van der Waals surface area contributed by atoms with Crippen LogP contribution in [0.25, 0.3) is 0 Å². The normalized spacial score (nSPS) is 20.1. The van der Waals surface area contributed by atoms with Crippen LogP contribution >= 0.6 is 0 Å². The fourth-order valence-electron chi connectivity index (χ4n) is 3.01. The van der Waals surface area contributed by atoms with E-state index in [1.54, 1.807) is 31.0 Å². The molecule has 1 aliphatic rings. The number of carbonyl (C=O) groups excluding carboxylic acids is 1. The highest BCUT2D eigenvalue weighted by atomic mass is 19.1. The van der Waals surface area contributed by atoms with Crippen LogP contribution in [0.15, 0.2) is 24.3 Å². The van der Waals surface area contributed by atoms with Crippen molar-refractivity contribution in [3.63, 3.8) is 0 Å². The molecule has 1 N–H and O–H groups in total. The lowest BCUT2D eigenvalue weighted by Crippen LogP contribution is -2.41. The van der Waals surface area contributed by atoms with Crippen LogP contribution in [0.1, 0.15) is 31.7 Å². The van der Waals surface area contributed by atoms with Gasteiger partial charge in [0.15, 0.2) is 0 Å². The summed E-state index contributed by atoms with van der Waals surface area (Å²) in [6.45, 7) is 3.57. The van der Waals surface area contributed by atoms with Gasteiger partial charge in [0.25, 0.3) is 0 Å². The summed E-state index contributed by atoms with van der Waals surface area (Å²) in [6, 6.07) is 6.51. The minimum Gasteiger partial charge on any atom is -0.393 e. The van der Waals surface area contributed by atoms with Gasteiger partial charge >= 0.3 is 0 Å². The van der Waals surface area contributed by atoms with Crippen LogP contribution in [0.4, 0.5) is 4.39 Å². The predicted molar refractivity (Wildman–Crippen MR) is 83.8 cm³/mol. The quantitative estimate of drug-likeness (QED) is 0.874. The number of hydrogen-bond donors (Lipinski definition) is 1. The first-order valence-electron chi connectivity index (χ1n) is 7.86. The van der Waals surface area contributed by atoms with E-state index in [0.717, 1.165) is 31.4 Å². The fourth-order valence-corrected chi connectivity index (χ4v) is 3.01. The van der Waals surface area contributed by atoms with Crippen molar-refractivity contribution in [2.24, 2.45) is 0 Å². The van der Waals surface area contributed by atoms with Crippen molar-refractivity contribution < 1.29 is 14.3 Å². The lowest BCUT2D eigenvalue weighted by atomic mass is 10.1. The van der Waals surface area contributed by atoms with Gasteiger partial charge in [-0.25, -0.2) is 4.39 Å². The molecule has 2 rings (SSSR count). The third kappa shape index (κ3) is 4.78. The summed E-state index contributed by atoms with van der Waals surface area (Å²) in [6.07, 6.45) is 2.50. The largest absolute Gasteiger partial charge is 0.393 e. The number of rotatable bonds is 6. The summed E-state index contributed by atoms with van der Waals surface area (Å²) >= 11 is 0. The topological polar surface area (TPSA) is 43.8 Å². The first kappa shape index (κ1) is 16.9. The molecule has 1 aromatic carbocycles. The van der Waals surface area contributed by atoms with Crippen molar-refractivity contribution in [3.05, 3.63) is 35.6 Å². The number of likely N-dealkylation sites (N-methyl/N-ethyl adjacent to an activating group) is 1. The lowest BCUT2D eigenvalue weighted by molar-refractivity contribution is -0.132. The monoisotopic (exact) mass is 308 g/mol. The Morgan fingerprint density at radius 3 is 2.77 bits per heavy atom. The highest BCUT2D eigenvalue weighted by Crippen LogP contribution is 2.21. The van der Waals surface area contributed by atoms with Gasteiger partial charge in [0.1, 0.15) is 5.82 Å². The lowest BCUT2D eigenvalue weighted by Gasteiger charge is -2.27. The van der Waals surface area contributed by atoms with E-state index in [-0.39, 0.29) is 17.8 Å². The Bertz CT molecular complexity index is 490. The maximum atomic E-state index is 12.9. The fraction of sp³-hybridized carbons (Fsp3) is 0.588. The molecule has 0 spiro atoms. The molecule has 1 fully saturated rings. The Kier molecular flexibility index (Phi) is 5.91. The number of aliphatic hydroxyl groups is 1. The summed E-state index contributed by atoms with van der Waals surface area (Å²) in [7, 11) is 1.77. The molecule has 0 aliphatic carbocycles. The average molecular weight is 308 g/mol. The van der Waals surface area contributed by atoms with E-state index in [4.69, 9.17) is 0 Å². The molecule has 5 heteroatoms. The van der Waals surface area contributed by atoms with E-state index in [9.17, 15) is 14.3 Å². The molecule has 1 saturated heterocycles. The van der Waals surface area contributed by atoms with Crippen molar-refractivity contribution in [1.82, 2.24) is 9.80 Å². The van der Waals surface area contributed by atoms with Gasteiger partial charge in [-0.15, -0.1) is 0 Å². The second-order valence-corrected chi connectivity index (χ2v) is 6.23. The minimum absolute atomic E-state index is 0.0572. The van der Waals surface area contributed by atoms with E-state index in [2.05, 4.69) is 4.90 Å². The third-order valence-corrected chi connectivity index (χ3v) is 4.21. The Labute approximate surface area is 131 Å². The highest BCUT2D eigenvalue weighted by Gasteiger charge is 2.27. The van der Waals surface area contributed by atoms with Crippen LogP contribution < -0.4 is 0 Å². The molecule has 122 valence electrons. The average Bonchev–Trinajstić information content (AvgIpc) is 2.87. The van der Waals surface area contributed by atoms with Gasteiger partial charge in [-0.05, 0) is 50.4 Å². The molecular formula is C17H25FN2O2. The number of hydrogen-bond acceptors (Lipinski definition) is 3. The van der Waals surface area contributed by atoms with Crippen LogP contribution in [0.2, 0.25) is 0 Å². The number of amides is 1. The SMILES string of the molecule is CC(O)CC1CCCN1CC(=O)N(C)Cc1ccc(F)cc1. The van der Waals surface area contributed by atoms with Gasteiger partial charge in [-0.1, -0.05) is 12.1 Å². The zero-order chi connectivity index (χ0) is 16.1. The molecule has 0 saturated carbocycles. The first-order valence-corrected chi connectivity index (χ1v) is 7.86. The molecule has 0 aromatic heterocycles. The smallest absolute Gasteiger partial charge is 0.236 e. The van der Waals surface area contributed by atoms with Crippen molar-refractivity contribution in [2.45, 2.75) is 44.9 Å². The summed E-state index contributed by atoms with van der Waals surface area (Å²) in [5, 5.41) is 9.54. The van der Waals surface area contributed by atoms with Crippen LogP contribution in [0.5, 0.6) is 0 Å². The van der Waals surface area contributed by atoms with Gasteiger partial charge in [-0.3, -0.25) is 9.69 Å². The number of carbonyl (C=O) groups is 1. The summed E-state index contributed by atoms with van der Waals surface area (Å²) in [5.41, 5.74) is 0.916. The Hall–Kier alpha value is -1.46. The molecule has 4 nitrogen and oxygen atoms in total. The van der Waals surface area contributed by atoms with E-state index < -0.39 is 0 Å². The zero-order valence-electron chi connectivity index (χ0n) is 13.3. The van der Waals surface area contributed by atoms with Crippen LogP contribution in [-0.2, 0) is 11.3 Å². The van der Waals surface area contributed by atoms with Crippen molar-refractivity contribution >= 4 is 5.91 Å². The zero-order valence-corrected chi connectivity index (χ0v) is 13.3. The minimum atomic E-state index is -0.336. The molecule has 0 radical (unpaired) electrons. The number of likely N-dealkylation sites (tertiary alicyclic amines) is 1. The highest BCUT2D eigenvalue weighted by molar-refractivity contribution is 5.78. The van der Waals surface area contributed by atoms with Gasteiger partial charge in [0.2, 0.25) is 5.91 Å². The van der Waals surface area contributed by atoms with Crippen molar-refractivity contribution in [1.29, 1.82) is 0 Å². The van der Waals surface area contributed by atoms with Gasteiger partial charge in [0.05, 0.1) is 12.6 Å². The summed E-state index contributed by atoms with van der Waals surface area (Å²) in [5.74, 6) is -0.211. The molecule has 22 heavy (non-hydrogen) atoms. The molecule has 2 unspecified atom stereocenters. The molecule has 1 heterocycles. The molecular weight excluding hydrogens is 283 g/mol. The van der Waals surface area contributed by atoms with Crippen LogP contribution in [0.3, 0.4) is 0 Å². The van der Waals surface area contributed by atoms with Crippen molar-refractivity contribution in [3.8, 4) is 0 Å². The number of benzene rings is 1. The number of nitrogens with zero attached hydrogens (tertiary/aromatic N) is 2. The molecule has 0 bridgehead atoms. The van der Waals surface area contributed by atoms with Crippen LogP contribution in [0, 0.1) is 5.82 Å². The van der Waals surface area contributed by atoms with Crippen LogP contribution in [-0.4, -0.2) is 53.1 Å². The first-order chi connectivity index (χ1) is 10.5. The predicted octanol–water partition coefficient (Wildman–Crippen LogP) is 2.02. The van der Waals surface area contributed by atoms with Gasteiger partial charge < -0.3 is 10.0 Å². The van der Waals surface area contributed by atoms with E-state index in [1.807, 2.05) is 0 Å². The maximum absolute atomic E-state index is 12.9. The van der Waals surface area contributed by atoms with Gasteiger partial charge in [-0.2, -0.15) is 0 Å².